The van der Waals surface area contributed by atoms with Gasteiger partial charge in [-0.3, -0.25) is 14.5 Å². The van der Waals surface area contributed by atoms with E-state index in [0.29, 0.717) is 19.6 Å². The van der Waals surface area contributed by atoms with Crippen LogP contribution in [0.15, 0.2) is 18.2 Å². The Kier molecular flexibility index (Phi) is 8.10. The molecule has 0 unspecified atom stereocenters. The highest BCUT2D eigenvalue weighted by Gasteiger charge is 2.22. The molecule has 6 heteroatoms. The number of amides is 2. The van der Waals surface area contributed by atoms with Crippen molar-refractivity contribution in [1.29, 1.82) is 0 Å². The van der Waals surface area contributed by atoms with Crippen molar-refractivity contribution in [2.24, 2.45) is 0 Å². The maximum absolute atomic E-state index is 12.5. The van der Waals surface area contributed by atoms with Gasteiger partial charge < -0.3 is 14.5 Å². The molecule has 0 spiro atoms. The van der Waals surface area contributed by atoms with Crippen LogP contribution >= 0.6 is 0 Å². The summed E-state index contributed by atoms with van der Waals surface area (Å²) in [5.74, 6) is 0.931. The fourth-order valence-electron chi connectivity index (χ4n) is 3.44. The number of rotatable bonds is 7. The minimum absolute atomic E-state index is 0.00638. The lowest BCUT2D eigenvalue weighted by molar-refractivity contribution is -0.133. The van der Waals surface area contributed by atoms with Gasteiger partial charge in [-0.2, -0.15) is 0 Å². The molecule has 1 aromatic carbocycles. The normalized spacial score (nSPS) is 15.3. The zero-order valence-corrected chi connectivity index (χ0v) is 17.2. The molecule has 150 valence electrons. The third kappa shape index (κ3) is 6.24. The minimum atomic E-state index is 0.00638. The van der Waals surface area contributed by atoms with Crippen molar-refractivity contribution in [1.82, 2.24) is 14.7 Å². The Morgan fingerprint density at radius 2 is 1.81 bits per heavy atom. The number of carbonyl (C=O) groups excluding carboxylic acids is 2. The number of aryl methyl sites for hydroxylation is 2. The Balaban J connectivity index is 1.82. The summed E-state index contributed by atoms with van der Waals surface area (Å²) in [6.45, 7) is 12.9. The molecule has 0 N–H and O–H groups in total. The lowest BCUT2D eigenvalue weighted by Crippen LogP contribution is -2.42. The van der Waals surface area contributed by atoms with Gasteiger partial charge in [0.05, 0.1) is 6.54 Å². The van der Waals surface area contributed by atoms with Crippen LogP contribution in [0.3, 0.4) is 0 Å². The van der Waals surface area contributed by atoms with Crippen LogP contribution in [0.25, 0.3) is 0 Å². The van der Waals surface area contributed by atoms with Crippen LogP contribution in [0.5, 0.6) is 5.75 Å². The van der Waals surface area contributed by atoms with Gasteiger partial charge in [-0.15, -0.1) is 0 Å². The van der Waals surface area contributed by atoms with Crippen molar-refractivity contribution in [3.05, 3.63) is 29.3 Å². The number of hydrogen-bond donors (Lipinski definition) is 0. The van der Waals surface area contributed by atoms with Gasteiger partial charge >= 0.3 is 0 Å². The predicted octanol–water partition coefficient (Wildman–Crippen LogP) is 2.08. The van der Waals surface area contributed by atoms with Crippen LogP contribution in [0, 0.1) is 13.8 Å². The number of nitrogens with zero attached hydrogens (tertiary/aromatic N) is 3. The summed E-state index contributed by atoms with van der Waals surface area (Å²) in [6, 6.07) is 5.96. The highest BCUT2D eigenvalue weighted by Crippen LogP contribution is 2.18. The van der Waals surface area contributed by atoms with E-state index in [2.05, 4.69) is 11.0 Å². The second kappa shape index (κ2) is 10.3. The first-order chi connectivity index (χ1) is 12.9. The third-order valence-electron chi connectivity index (χ3n) is 5.10. The summed E-state index contributed by atoms with van der Waals surface area (Å²) in [5.41, 5.74) is 2.22. The Morgan fingerprint density at radius 1 is 1.07 bits per heavy atom. The number of benzene rings is 1. The molecule has 1 aliphatic rings. The molecule has 0 radical (unpaired) electrons. The molecule has 2 amide bonds. The summed E-state index contributed by atoms with van der Waals surface area (Å²) in [7, 11) is 0. The number of hydrogen-bond acceptors (Lipinski definition) is 4. The highest BCUT2D eigenvalue weighted by atomic mass is 16.5. The molecule has 0 aliphatic carbocycles. The summed E-state index contributed by atoms with van der Waals surface area (Å²) >= 11 is 0. The molecule has 6 nitrogen and oxygen atoms in total. The van der Waals surface area contributed by atoms with Crippen LogP contribution in [0.2, 0.25) is 0 Å². The van der Waals surface area contributed by atoms with Gasteiger partial charge in [-0.25, -0.2) is 0 Å². The SMILES string of the molecule is CCN(CC)C(=O)CN1CCCN(C(=O)COc2ccc(C)cc2C)CC1. The number of ether oxygens (including phenoxy) is 1. The molecule has 1 aromatic rings. The standard InChI is InChI=1S/C21H33N3O3/c1-5-23(6-2)20(25)15-22-10-7-11-24(13-12-22)21(26)16-27-19-9-8-17(3)14-18(19)4/h8-9,14H,5-7,10-13,15-16H2,1-4H3. The predicted molar refractivity (Wildman–Crippen MR) is 107 cm³/mol. The molecular weight excluding hydrogens is 342 g/mol. The van der Waals surface area contributed by atoms with Gasteiger partial charge in [0.1, 0.15) is 5.75 Å². The highest BCUT2D eigenvalue weighted by molar-refractivity contribution is 5.78. The van der Waals surface area contributed by atoms with E-state index in [9.17, 15) is 9.59 Å². The van der Waals surface area contributed by atoms with E-state index in [1.54, 1.807) is 0 Å². The quantitative estimate of drug-likeness (QED) is 0.732. The molecule has 0 aromatic heterocycles. The molecule has 0 saturated carbocycles. The third-order valence-corrected chi connectivity index (χ3v) is 5.10. The minimum Gasteiger partial charge on any atom is -0.484 e. The Hall–Kier alpha value is -2.08. The second-order valence-electron chi connectivity index (χ2n) is 7.13. The van der Waals surface area contributed by atoms with Crippen molar-refractivity contribution in [2.45, 2.75) is 34.1 Å². The first-order valence-corrected chi connectivity index (χ1v) is 9.92. The maximum Gasteiger partial charge on any atom is 0.260 e. The van der Waals surface area contributed by atoms with E-state index in [4.69, 9.17) is 4.74 Å². The summed E-state index contributed by atoms with van der Waals surface area (Å²) in [5, 5.41) is 0. The first kappa shape index (κ1) is 21.2. The maximum atomic E-state index is 12.5. The van der Waals surface area contributed by atoms with E-state index >= 15 is 0 Å². The fraction of sp³-hybridized carbons (Fsp3) is 0.619. The summed E-state index contributed by atoms with van der Waals surface area (Å²) in [4.78, 5) is 30.7. The average Bonchev–Trinajstić information content (AvgIpc) is 2.87. The van der Waals surface area contributed by atoms with Crippen LogP contribution < -0.4 is 4.74 Å². The van der Waals surface area contributed by atoms with Crippen molar-refractivity contribution in [3.63, 3.8) is 0 Å². The molecule has 1 fully saturated rings. The molecule has 1 heterocycles. The molecule has 27 heavy (non-hydrogen) atoms. The van der Waals surface area contributed by atoms with Gasteiger partial charge in [0.15, 0.2) is 6.61 Å². The van der Waals surface area contributed by atoms with Gasteiger partial charge in [-0.05, 0) is 45.7 Å². The Labute approximate surface area is 163 Å². The lowest BCUT2D eigenvalue weighted by Gasteiger charge is -2.25. The lowest BCUT2D eigenvalue weighted by atomic mass is 10.1. The molecule has 0 atom stereocenters. The number of carbonyl (C=O) groups is 2. The molecular formula is C21H33N3O3. The molecule has 2 rings (SSSR count). The number of likely N-dealkylation sites (N-methyl/N-ethyl adjacent to an activating group) is 1. The Bertz CT molecular complexity index is 644. The van der Waals surface area contributed by atoms with Gasteiger partial charge in [0.25, 0.3) is 5.91 Å². The Morgan fingerprint density at radius 3 is 2.48 bits per heavy atom. The van der Waals surface area contributed by atoms with Crippen molar-refractivity contribution in [2.75, 3.05) is 52.4 Å². The van der Waals surface area contributed by atoms with Crippen molar-refractivity contribution < 1.29 is 14.3 Å². The van der Waals surface area contributed by atoms with E-state index in [0.717, 1.165) is 43.9 Å². The second-order valence-corrected chi connectivity index (χ2v) is 7.13. The van der Waals surface area contributed by atoms with Crippen LogP contribution in [0.4, 0.5) is 0 Å². The largest absolute Gasteiger partial charge is 0.484 e. The van der Waals surface area contributed by atoms with E-state index < -0.39 is 0 Å². The van der Waals surface area contributed by atoms with Crippen LogP contribution in [0.1, 0.15) is 31.4 Å². The van der Waals surface area contributed by atoms with Gasteiger partial charge in [0, 0.05) is 39.3 Å². The van der Waals surface area contributed by atoms with Gasteiger partial charge in [-0.1, -0.05) is 17.7 Å². The average molecular weight is 376 g/mol. The fourth-order valence-corrected chi connectivity index (χ4v) is 3.44. The van der Waals surface area contributed by atoms with Crippen molar-refractivity contribution in [3.8, 4) is 5.75 Å². The van der Waals surface area contributed by atoms with E-state index in [1.165, 1.54) is 5.56 Å². The smallest absolute Gasteiger partial charge is 0.260 e. The van der Waals surface area contributed by atoms with Crippen molar-refractivity contribution >= 4 is 11.8 Å². The molecule has 1 saturated heterocycles. The zero-order valence-electron chi connectivity index (χ0n) is 17.2. The monoisotopic (exact) mass is 375 g/mol. The van der Waals surface area contributed by atoms with Crippen LogP contribution in [-0.4, -0.2) is 78.9 Å². The zero-order chi connectivity index (χ0) is 19.8. The van der Waals surface area contributed by atoms with Gasteiger partial charge in [0.2, 0.25) is 5.91 Å². The summed E-state index contributed by atoms with van der Waals surface area (Å²) < 4.78 is 5.73. The first-order valence-electron chi connectivity index (χ1n) is 9.92. The van der Waals surface area contributed by atoms with Crippen LogP contribution in [-0.2, 0) is 9.59 Å². The summed E-state index contributed by atoms with van der Waals surface area (Å²) in [6.07, 6.45) is 0.876. The van der Waals surface area contributed by atoms with E-state index in [1.807, 2.05) is 49.6 Å². The molecule has 1 aliphatic heterocycles. The topological polar surface area (TPSA) is 53.1 Å². The molecule has 0 bridgehead atoms. The van der Waals surface area contributed by atoms with E-state index in [-0.39, 0.29) is 18.4 Å².